The Bertz CT molecular complexity index is 675. The molecule has 1 fully saturated rings. The fourth-order valence-corrected chi connectivity index (χ4v) is 2.51. The van der Waals surface area contributed by atoms with E-state index in [1.807, 2.05) is 51.2 Å². The minimum atomic E-state index is -0.0894. The molecule has 4 nitrogen and oxygen atoms in total. The largest absolute Gasteiger partial charge is 0.459 e. The quantitative estimate of drug-likeness (QED) is 0.882. The molecule has 0 aliphatic carbocycles. The SMILES string of the molecule is CC(C(=O)N(C)C(C)c1cc2ccccc2o1)=C1CNC1. The molecular weight excluding hydrogens is 264 g/mol. The van der Waals surface area contributed by atoms with E-state index in [-0.39, 0.29) is 11.9 Å². The van der Waals surface area contributed by atoms with Gasteiger partial charge in [-0.25, -0.2) is 0 Å². The smallest absolute Gasteiger partial charge is 0.249 e. The number of fused-ring (bicyclic) bond motifs is 1. The van der Waals surface area contributed by atoms with E-state index in [0.29, 0.717) is 0 Å². The molecule has 1 aromatic heterocycles. The van der Waals surface area contributed by atoms with Gasteiger partial charge in [-0.1, -0.05) is 18.2 Å². The van der Waals surface area contributed by atoms with E-state index < -0.39 is 0 Å². The van der Waals surface area contributed by atoms with Crippen molar-refractivity contribution in [1.29, 1.82) is 0 Å². The molecule has 0 spiro atoms. The Balaban J connectivity index is 1.83. The number of furan rings is 1. The normalized spacial score (nSPS) is 15.7. The third kappa shape index (κ3) is 2.47. The summed E-state index contributed by atoms with van der Waals surface area (Å²) in [5.74, 6) is 0.885. The number of carbonyl (C=O) groups excluding carboxylic acids is 1. The van der Waals surface area contributed by atoms with Crippen LogP contribution in [-0.2, 0) is 4.79 Å². The van der Waals surface area contributed by atoms with Crippen LogP contribution in [-0.4, -0.2) is 30.9 Å². The first-order valence-corrected chi connectivity index (χ1v) is 7.23. The second-order valence-electron chi connectivity index (χ2n) is 5.61. The first-order valence-electron chi connectivity index (χ1n) is 7.23. The number of nitrogens with one attached hydrogen (secondary N) is 1. The maximum absolute atomic E-state index is 12.5. The predicted molar refractivity (Wildman–Crippen MR) is 83.0 cm³/mol. The summed E-state index contributed by atoms with van der Waals surface area (Å²) in [5.41, 5.74) is 2.90. The van der Waals surface area contributed by atoms with Gasteiger partial charge in [0.25, 0.3) is 0 Å². The molecule has 1 saturated heterocycles. The zero-order valence-corrected chi connectivity index (χ0v) is 12.6. The van der Waals surface area contributed by atoms with E-state index in [0.717, 1.165) is 35.4 Å². The third-order valence-corrected chi connectivity index (χ3v) is 4.29. The molecule has 0 radical (unpaired) electrons. The summed E-state index contributed by atoms with van der Waals surface area (Å²) in [7, 11) is 1.83. The van der Waals surface area contributed by atoms with Crippen molar-refractivity contribution >= 4 is 16.9 Å². The van der Waals surface area contributed by atoms with Crippen LogP contribution >= 0.6 is 0 Å². The minimum absolute atomic E-state index is 0.0689. The summed E-state index contributed by atoms with van der Waals surface area (Å²) in [4.78, 5) is 14.3. The van der Waals surface area contributed by atoms with Gasteiger partial charge in [-0.05, 0) is 31.6 Å². The molecule has 1 N–H and O–H groups in total. The van der Waals surface area contributed by atoms with Gasteiger partial charge in [0.05, 0.1) is 6.04 Å². The van der Waals surface area contributed by atoms with Crippen LogP contribution in [0.25, 0.3) is 11.0 Å². The van der Waals surface area contributed by atoms with Crippen molar-refractivity contribution < 1.29 is 9.21 Å². The fraction of sp³-hybridized carbons (Fsp3) is 0.353. The Kier molecular flexibility index (Phi) is 3.55. The molecule has 0 saturated carbocycles. The topological polar surface area (TPSA) is 45.5 Å². The van der Waals surface area contributed by atoms with Gasteiger partial charge in [0, 0.05) is 31.1 Å². The van der Waals surface area contributed by atoms with Gasteiger partial charge in [-0.3, -0.25) is 4.79 Å². The average Bonchev–Trinajstić information content (AvgIpc) is 2.86. The molecule has 1 atom stereocenters. The summed E-state index contributed by atoms with van der Waals surface area (Å²) < 4.78 is 5.86. The van der Waals surface area contributed by atoms with Crippen molar-refractivity contribution in [2.75, 3.05) is 20.1 Å². The maximum atomic E-state index is 12.5. The van der Waals surface area contributed by atoms with Crippen molar-refractivity contribution in [2.24, 2.45) is 0 Å². The molecule has 1 amide bonds. The molecule has 21 heavy (non-hydrogen) atoms. The molecule has 1 aromatic carbocycles. The molecule has 3 rings (SSSR count). The summed E-state index contributed by atoms with van der Waals surface area (Å²) >= 11 is 0. The van der Waals surface area contributed by atoms with Gasteiger partial charge in [0.1, 0.15) is 11.3 Å². The Hall–Kier alpha value is -2.07. The van der Waals surface area contributed by atoms with E-state index in [1.54, 1.807) is 4.90 Å². The van der Waals surface area contributed by atoms with E-state index in [2.05, 4.69) is 5.32 Å². The number of benzene rings is 1. The van der Waals surface area contributed by atoms with E-state index in [9.17, 15) is 4.79 Å². The summed E-state index contributed by atoms with van der Waals surface area (Å²) in [5, 5.41) is 4.24. The van der Waals surface area contributed by atoms with Crippen LogP contribution in [0.15, 0.2) is 45.9 Å². The standard InChI is InChI=1S/C17H20N2O2/c1-11(14-9-18-10-14)17(20)19(3)12(2)16-8-13-6-4-5-7-15(13)21-16/h4-8,12,18H,9-10H2,1-3H3. The minimum Gasteiger partial charge on any atom is -0.459 e. The molecule has 1 aliphatic heterocycles. The van der Waals surface area contributed by atoms with Crippen molar-refractivity contribution in [3.8, 4) is 0 Å². The lowest BCUT2D eigenvalue weighted by Crippen LogP contribution is -2.38. The third-order valence-electron chi connectivity index (χ3n) is 4.29. The number of likely N-dealkylation sites (N-methyl/N-ethyl adjacent to an activating group) is 1. The van der Waals surface area contributed by atoms with Gasteiger partial charge in [-0.2, -0.15) is 0 Å². The highest BCUT2D eigenvalue weighted by Gasteiger charge is 2.24. The number of nitrogens with zero attached hydrogens (tertiary/aromatic N) is 1. The first kappa shape index (κ1) is 13.9. The van der Waals surface area contributed by atoms with Crippen LogP contribution in [0.2, 0.25) is 0 Å². The Morgan fingerprint density at radius 3 is 2.67 bits per heavy atom. The molecule has 1 unspecified atom stereocenters. The molecule has 2 heterocycles. The number of para-hydroxylation sites is 1. The number of amides is 1. The molecule has 110 valence electrons. The zero-order valence-electron chi connectivity index (χ0n) is 12.6. The van der Waals surface area contributed by atoms with Gasteiger partial charge in [0.15, 0.2) is 0 Å². The number of rotatable bonds is 3. The molecule has 4 heteroatoms. The average molecular weight is 284 g/mol. The van der Waals surface area contributed by atoms with Gasteiger partial charge < -0.3 is 14.6 Å². The highest BCUT2D eigenvalue weighted by Crippen LogP contribution is 2.27. The number of hydrogen-bond acceptors (Lipinski definition) is 3. The van der Waals surface area contributed by atoms with Crippen LogP contribution in [0.4, 0.5) is 0 Å². The molecule has 1 aliphatic rings. The highest BCUT2D eigenvalue weighted by atomic mass is 16.3. The van der Waals surface area contributed by atoms with E-state index in [1.165, 1.54) is 5.57 Å². The Morgan fingerprint density at radius 1 is 1.33 bits per heavy atom. The van der Waals surface area contributed by atoms with Gasteiger partial charge >= 0.3 is 0 Å². The number of carbonyl (C=O) groups is 1. The van der Waals surface area contributed by atoms with Crippen LogP contribution in [0.1, 0.15) is 25.6 Å². The summed E-state index contributed by atoms with van der Waals surface area (Å²) in [6.45, 7) is 5.54. The lowest BCUT2D eigenvalue weighted by atomic mass is 10.0. The summed E-state index contributed by atoms with van der Waals surface area (Å²) in [6, 6.07) is 9.82. The monoisotopic (exact) mass is 284 g/mol. The molecular formula is C17H20N2O2. The number of hydrogen-bond donors (Lipinski definition) is 1. The second kappa shape index (κ2) is 5.37. The summed E-state index contributed by atoms with van der Waals surface area (Å²) in [6.07, 6.45) is 0. The van der Waals surface area contributed by atoms with Crippen molar-refractivity contribution in [3.05, 3.63) is 47.2 Å². The first-order chi connectivity index (χ1) is 10.1. The Morgan fingerprint density at radius 2 is 2.05 bits per heavy atom. The predicted octanol–water partition coefficient (Wildman–Crippen LogP) is 2.87. The second-order valence-corrected chi connectivity index (χ2v) is 5.61. The fourth-order valence-electron chi connectivity index (χ4n) is 2.51. The lowest BCUT2D eigenvalue weighted by molar-refractivity contribution is -0.128. The van der Waals surface area contributed by atoms with E-state index in [4.69, 9.17) is 4.42 Å². The van der Waals surface area contributed by atoms with Crippen LogP contribution in [0.5, 0.6) is 0 Å². The van der Waals surface area contributed by atoms with Crippen molar-refractivity contribution in [2.45, 2.75) is 19.9 Å². The van der Waals surface area contributed by atoms with Crippen LogP contribution < -0.4 is 5.32 Å². The van der Waals surface area contributed by atoms with E-state index >= 15 is 0 Å². The molecule has 2 aromatic rings. The van der Waals surface area contributed by atoms with Crippen LogP contribution in [0.3, 0.4) is 0 Å². The molecule has 0 bridgehead atoms. The van der Waals surface area contributed by atoms with Gasteiger partial charge in [0.2, 0.25) is 5.91 Å². The maximum Gasteiger partial charge on any atom is 0.249 e. The lowest BCUT2D eigenvalue weighted by Gasteiger charge is -2.27. The zero-order chi connectivity index (χ0) is 15.0. The van der Waals surface area contributed by atoms with Crippen molar-refractivity contribution in [3.63, 3.8) is 0 Å². The highest BCUT2D eigenvalue weighted by molar-refractivity contribution is 5.94. The Labute approximate surface area is 124 Å². The van der Waals surface area contributed by atoms with Crippen LogP contribution in [0, 0.1) is 0 Å². The van der Waals surface area contributed by atoms with Gasteiger partial charge in [-0.15, -0.1) is 0 Å². The van der Waals surface area contributed by atoms with Crippen molar-refractivity contribution in [1.82, 2.24) is 10.2 Å².